The van der Waals surface area contributed by atoms with E-state index in [1.807, 2.05) is 18.2 Å². The highest BCUT2D eigenvalue weighted by molar-refractivity contribution is 5.94. The third kappa shape index (κ3) is 5.16. The smallest absolute Gasteiger partial charge is 0.231 e. The van der Waals surface area contributed by atoms with Crippen molar-refractivity contribution in [3.8, 4) is 11.5 Å². The zero-order valence-electron chi connectivity index (χ0n) is 17.9. The maximum atomic E-state index is 5.94. The van der Waals surface area contributed by atoms with Crippen molar-refractivity contribution in [1.29, 1.82) is 0 Å². The summed E-state index contributed by atoms with van der Waals surface area (Å²) in [6.45, 7) is 8.77. The normalized spacial score (nSPS) is 29.8. The molecule has 2 fully saturated rings. The number of nitrogens with zero attached hydrogens (tertiary/aromatic N) is 2. The molecule has 4 atom stereocenters. The highest BCUT2D eigenvalue weighted by Gasteiger charge is 2.26. The molecule has 0 amide bonds. The van der Waals surface area contributed by atoms with E-state index < -0.39 is 0 Å². The number of nitrogens with one attached hydrogen (secondary N) is 1. The van der Waals surface area contributed by atoms with E-state index in [2.05, 4.69) is 24.1 Å². The number of hydrogen-bond acceptors (Lipinski definition) is 4. The minimum Gasteiger partial charge on any atom is -0.454 e. The highest BCUT2D eigenvalue weighted by Crippen LogP contribution is 2.34. The molecule has 6 nitrogen and oxygen atoms in total. The topological polar surface area (TPSA) is 72.1 Å². The number of ether oxygens (including phenoxy) is 2. The van der Waals surface area contributed by atoms with Crippen LogP contribution in [0.4, 0.5) is 5.69 Å². The lowest BCUT2D eigenvalue weighted by Gasteiger charge is -2.37. The molecular formula is C23H36N4O2. The van der Waals surface area contributed by atoms with Gasteiger partial charge in [0.25, 0.3) is 0 Å². The number of benzene rings is 1. The third-order valence-corrected chi connectivity index (χ3v) is 6.52. The molecule has 4 unspecified atom stereocenters. The number of piperidine rings is 1. The molecule has 29 heavy (non-hydrogen) atoms. The van der Waals surface area contributed by atoms with Crippen molar-refractivity contribution in [2.45, 2.75) is 46.0 Å². The fourth-order valence-electron chi connectivity index (χ4n) is 5.16. The largest absolute Gasteiger partial charge is 0.454 e. The van der Waals surface area contributed by atoms with Crippen LogP contribution in [0.15, 0.2) is 23.2 Å². The summed E-state index contributed by atoms with van der Waals surface area (Å²) in [7, 11) is 0. The molecule has 0 aromatic heterocycles. The van der Waals surface area contributed by atoms with Gasteiger partial charge in [0.1, 0.15) is 0 Å². The standard InChI is InChI=1S/C23H36N4O2/c1-16-8-17(2)14-27(13-16)23(25-12-19-5-3-4-18(9-19)11-24)26-20-6-7-21-22(10-20)29-15-28-21/h6-7,10,16-19H,3-5,8-9,11-15,24H2,1-2H3,(H,25,26). The summed E-state index contributed by atoms with van der Waals surface area (Å²) < 4.78 is 11.0. The van der Waals surface area contributed by atoms with Crippen LogP contribution in [0.25, 0.3) is 0 Å². The van der Waals surface area contributed by atoms with E-state index in [1.54, 1.807) is 0 Å². The van der Waals surface area contributed by atoms with Crippen LogP contribution in [-0.2, 0) is 0 Å². The number of nitrogens with two attached hydrogens (primary N) is 1. The monoisotopic (exact) mass is 400 g/mol. The molecule has 3 N–H and O–H groups in total. The molecule has 0 radical (unpaired) electrons. The molecule has 2 aliphatic heterocycles. The lowest BCUT2D eigenvalue weighted by molar-refractivity contribution is 0.174. The van der Waals surface area contributed by atoms with Crippen LogP contribution >= 0.6 is 0 Å². The van der Waals surface area contributed by atoms with Gasteiger partial charge >= 0.3 is 0 Å². The minimum absolute atomic E-state index is 0.297. The molecule has 0 spiro atoms. The van der Waals surface area contributed by atoms with Crippen LogP contribution in [-0.4, -0.2) is 43.8 Å². The Kier molecular flexibility index (Phi) is 6.48. The first kappa shape index (κ1) is 20.3. The van der Waals surface area contributed by atoms with Crippen molar-refractivity contribution in [3.63, 3.8) is 0 Å². The third-order valence-electron chi connectivity index (χ3n) is 6.52. The van der Waals surface area contributed by atoms with Gasteiger partial charge in [-0.1, -0.05) is 20.3 Å². The van der Waals surface area contributed by atoms with Crippen molar-refractivity contribution in [1.82, 2.24) is 4.90 Å². The summed E-state index contributed by atoms with van der Waals surface area (Å²) in [6.07, 6.45) is 6.33. The zero-order chi connectivity index (χ0) is 20.2. The van der Waals surface area contributed by atoms with Crippen LogP contribution in [0.3, 0.4) is 0 Å². The lowest BCUT2D eigenvalue weighted by atomic mass is 9.81. The Morgan fingerprint density at radius 1 is 1.10 bits per heavy atom. The summed E-state index contributed by atoms with van der Waals surface area (Å²) in [5.74, 6) is 5.28. The predicted octanol–water partition coefficient (Wildman–Crippen LogP) is 3.93. The van der Waals surface area contributed by atoms with Crippen molar-refractivity contribution in [2.75, 3.05) is 38.3 Å². The number of fused-ring (bicyclic) bond motifs is 1. The Morgan fingerprint density at radius 3 is 2.66 bits per heavy atom. The molecule has 1 aromatic carbocycles. The molecular weight excluding hydrogens is 364 g/mol. The molecule has 1 saturated carbocycles. The molecule has 2 heterocycles. The van der Waals surface area contributed by atoms with Crippen molar-refractivity contribution in [3.05, 3.63) is 18.2 Å². The molecule has 3 aliphatic rings. The first-order valence-electron chi connectivity index (χ1n) is 11.3. The Balaban J connectivity index is 1.50. The fourth-order valence-corrected chi connectivity index (χ4v) is 5.16. The van der Waals surface area contributed by atoms with Gasteiger partial charge in [-0.15, -0.1) is 0 Å². The fraction of sp³-hybridized carbons (Fsp3) is 0.696. The molecule has 1 aromatic rings. The minimum atomic E-state index is 0.297. The predicted molar refractivity (Wildman–Crippen MR) is 118 cm³/mol. The van der Waals surface area contributed by atoms with Gasteiger partial charge in [-0.25, -0.2) is 0 Å². The summed E-state index contributed by atoms with van der Waals surface area (Å²) >= 11 is 0. The van der Waals surface area contributed by atoms with Crippen LogP contribution in [0, 0.1) is 23.7 Å². The van der Waals surface area contributed by atoms with Gasteiger partial charge in [0.2, 0.25) is 6.79 Å². The second kappa shape index (κ2) is 9.24. The van der Waals surface area contributed by atoms with Crippen LogP contribution in [0.1, 0.15) is 46.0 Å². The second-order valence-corrected chi connectivity index (χ2v) is 9.34. The zero-order valence-corrected chi connectivity index (χ0v) is 17.9. The van der Waals surface area contributed by atoms with Crippen LogP contribution in [0.5, 0.6) is 11.5 Å². The van der Waals surface area contributed by atoms with E-state index in [9.17, 15) is 0 Å². The molecule has 6 heteroatoms. The van der Waals surface area contributed by atoms with E-state index >= 15 is 0 Å². The van der Waals surface area contributed by atoms with Gasteiger partial charge < -0.3 is 25.4 Å². The van der Waals surface area contributed by atoms with Gasteiger partial charge in [-0.05, 0) is 68.0 Å². The van der Waals surface area contributed by atoms with Crippen molar-refractivity contribution >= 4 is 11.6 Å². The Morgan fingerprint density at radius 2 is 1.86 bits per heavy atom. The number of rotatable bonds is 4. The van der Waals surface area contributed by atoms with Gasteiger partial charge in [0.05, 0.1) is 0 Å². The van der Waals surface area contributed by atoms with E-state index in [4.69, 9.17) is 20.2 Å². The van der Waals surface area contributed by atoms with Crippen molar-refractivity contribution < 1.29 is 9.47 Å². The van der Waals surface area contributed by atoms with E-state index in [0.717, 1.165) is 49.3 Å². The van der Waals surface area contributed by atoms with E-state index in [1.165, 1.54) is 32.1 Å². The van der Waals surface area contributed by atoms with Crippen LogP contribution < -0.4 is 20.5 Å². The van der Waals surface area contributed by atoms with Gasteiger partial charge in [-0.3, -0.25) is 4.99 Å². The first-order valence-corrected chi connectivity index (χ1v) is 11.3. The maximum Gasteiger partial charge on any atom is 0.231 e. The number of likely N-dealkylation sites (tertiary alicyclic amines) is 1. The Bertz CT molecular complexity index is 713. The summed E-state index contributed by atoms with van der Waals surface area (Å²) in [6, 6.07) is 6.03. The molecule has 1 saturated heterocycles. The van der Waals surface area contributed by atoms with E-state index in [-0.39, 0.29) is 0 Å². The number of aliphatic imine (C=N–C) groups is 1. The van der Waals surface area contributed by atoms with Gasteiger partial charge in [0, 0.05) is 31.4 Å². The molecule has 0 bridgehead atoms. The Hall–Kier alpha value is -1.95. The molecule has 1 aliphatic carbocycles. The molecule has 4 rings (SSSR count). The Labute approximate surface area is 174 Å². The summed E-state index contributed by atoms with van der Waals surface area (Å²) in [5.41, 5.74) is 6.94. The van der Waals surface area contributed by atoms with Gasteiger partial charge in [-0.2, -0.15) is 0 Å². The SMILES string of the molecule is CC1CC(C)CN(C(=NCC2CCCC(CN)C2)Nc2ccc3c(c2)OCO3)C1. The average Bonchev–Trinajstić information content (AvgIpc) is 3.18. The number of guanidine groups is 1. The van der Waals surface area contributed by atoms with E-state index in [0.29, 0.717) is 30.5 Å². The number of anilines is 1. The lowest BCUT2D eigenvalue weighted by Crippen LogP contribution is -2.46. The number of hydrogen-bond donors (Lipinski definition) is 2. The van der Waals surface area contributed by atoms with Gasteiger partial charge in [0.15, 0.2) is 17.5 Å². The molecule has 160 valence electrons. The van der Waals surface area contributed by atoms with Crippen molar-refractivity contribution in [2.24, 2.45) is 34.4 Å². The first-order chi connectivity index (χ1) is 14.1. The quantitative estimate of drug-likeness (QED) is 0.592. The highest BCUT2D eigenvalue weighted by atomic mass is 16.7. The maximum absolute atomic E-state index is 5.94. The average molecular weight is 401 g/mol. The van der Waals surface area contributed by atoms with Crippen LogP contribution in [0.2, 0.25) is 0 Å². The summed E-state index contributed by atoms with van der Waals surface area (Å²) in [5, 5.41) is 3.60. The second-order valence-electron chi connectivity index (χ2n) is 9.34. The summed E-state index contributed by atoms with van der Waals surface area (Å²) in [4.78, 5) is 7.55.